The molecule has 8 rings (SSSR count). The van der Waals surface area contributed by atoms with Gasteiger partial charge in [0.1, 0.15) is 64.3 Å². The normalized spacial score (nSPS) is 14.9. The number of hydrogen-bond acceptors (Lipinski definition) is 15. The predicted octanol–water partition coefficient (Wildman–Crippen LogP) is 6.36. The van der Waals surface area contributed by atoms with Crippen molar-refractivity contribution in [1.82, 2.24) is 19.9 Å². The summed E-state index contributed by atoms with van der Waals surface area (Å²) < 4.78 is 49.1. The molecule has 6 aromatic rings. The fraction of sp³-hybridized carbons (Fsp3) is 0.244. The summed E-state index contributed by atoms with van der Waals surface area (Å²) in [5.41, 5.74) is 1.10. The summed E-state index contributed by atoms with van der Waals surface area (Å²) in [6.07, 6.45) is 6.14. The molecule has 4 heterocycles. The molecule has 2 saturated heterocycles. The first-order valence-corrected chi connectivity index (χ1v) is 19.8. The lowest BCUT2D eigenvalue weighted by Crippen LogP contribution is -2.12. The molecule has 2 atom stereocenters. The van der Waals surface area contributed by atoms with Crippen LogP contribution in [0.2, 0.25) is 0 Å². The fourth-order valence-electron chi connectivity index (χ4n) is 5.73. The summed E-state index contributed by atoms with van der Waals surface area (Å²) in [7, 11) is 0. The molecule has 0 spiro atoms. The van der Waals surface area contributed by atoms with Crippen LogP contribution in [0.25, 0.3) is 0 Å². The molecule has 0 aliphatic carbocycles. The maximum absolute atomic E-state index is 12.7. The minimum atomic E-state index is -0.773. The largest absolute Gasteiger partial charge is 0.494 e. The van der Waals surface area contributed by atoms with Crippen LogP contribution in [-0.2, 0) is 15.9 Å². The number of imidazole rings is 2. The Morgan fingerprint density at radius 3 is 1.29 bits per heavy atom. The van der Waals surface area contributed by atoms with Crippen LogP contribution in [0.1, 0.15) is 67.0 Å². The number of nitrogens with zero attached hydrogens (tertiary/aromatic N) is 2. The van der Waals surface area contributed by atoms with Crippen LogP contribution in [0.4, 0.5) is 0 Å². The number of rotatable bonds is 21. The first-order chi connectivity index (χ1) is 30.3. The van der Waals surface area contributed by atoms with Crippen LogP contribution in [0.5, 0.6) is 40.2 Å². The second-order valence-electron chi connectivity index (χ2n) is 14.1. The van der Waals surface area contributed by atoms with Gasteiger partial charge in [0.2, 0.25) is 11.6 Å². The number of epoxide rings is 2. The summed E-state index contributed by atoms with van der Waals surface area (Å²) in [5.74, 6) is -0.294. The molecular formula is C45H40N4O13. The van der Waals surface area contributed by atoms with Crippen molar-refractivity contribution in [1.29, 1.82) is 0 Å². The monoisotopic (exact) mass is 844 g/mol. The van der Waals surface area contributed by atoms with Gasteiger partial charge >= 0.3 is 23.9 Å². The second kappa shape index (κ2) is 19.7. The van der Waals surface area contributed by atoms with E-state index in [4.69, 9.17) is 42.6 Å². The highest BCUT2D eigenvalue weighted by Gasteiger charge is 2.24. The van der Waals surface area contributed by atoms with E-state index in [-0.39, 0.29) is 46.4 Å². The molecule has 318 valence electrons. The Hall–Kier alpha value is -7.50. The quantitative estimate of drug-likeness (QED) is 0.0349. The molecule has 4 aromatic carbocycles. The molecule has 2 unspecified atom stereocenters. The Morgan fingerprint density at radius 1 is 0.500 bits per heavy atom. The summed E-state index contributed by atoms with van der Waals surface area (Å²) in [6, 6.07) is 26.8. The Kier molecular flexibility index (Phi) is 13.1. The van der Waals surface area contributed by atoms with Crippen LogP contribution in [0.3, 0.4) is 0 Å². The molecule has 0 bridgehead atoms. The molecule has 0 amide bonds. The van der Waals surface area contributed by atoms with Gasteiger partial charge in [-0.1, -0.05) is 12.1 Å². The van der Waals surface area contributed by atoms with E-state index in [0.717, 1.165) is 25.0 Å². The van der Waals surface area contributed by atoms with Crippen molar-refractivity contribution in [3.8, 4) is 40.2 Å². The van der Waals surface area contributed by atoms with Gasteiger partial charge in [-0.05, 0) is 116 Å². The standard InChI is InChI=1S/C45H40N4O13/c50-42(59-32-6-3-28(4-7-32)5-8-36-25-57-36)38-23-46-40(48-38)44(52)61-34-17-11-30(12-18-34)55-22-2-1-21-54-29-9-15-33(16-10-29)60-43(51)39-24-47-41(49-39)45(53)62-35-19-13-31(14-20-35)56-26-37-27-58-37/h3-4,6-7,9-20,23-24,36-37H,1-2,5,8,21-22,25-27H2,(H,46,48)(H,47,49). The fourth-order valence-corrected chi connectivity index (χ4v) is 5.73. The third-order valence-electron chi connectivity index (χ3n) is 9.29. The number of nitrogens with one attached hydrogen (secondary N) is 2. The lowest BCUT2D eigenvalue weighted by molar-refractivity contribution is 0.0705. The van der Waals surface area contributed by atoms with Crippen LogP contribution in [-0.4, -0.2) is 89.1 Å². The highest BCUT2D eigenvalue weighted by molar-refractivity contribution is 5.93. The highest BCUT2D eigenvalue weighted by Crippen LogP contribution is 2.23. The molecule has 17 nitrogen and oxygen atoms in total. The third-order valence-corrected chi connectivity index (χ3v) is 9.29. The molecule has 2 N–H and O–H groups in total. The summed E-state index contributed by atoms with van der Waals surface area (Å²) in [5, 5.41) is 0. The number of benzene rings is 4. The number of ether oxygens (including phenoxy) is 9. The van der Waals surface area contributed by atoms with Crippen LogP contribution in [0.15, 0.2) is 109 Å². The van der Waals surface area contributed by atoms with Crippen LogP contribution in [0, 0.1) is 0 Å². The van der Waals surface area contributed by atoms with E-state index in [1.54, 1.807) is 84.9 Å². The molecule has 2 fully saturated rings. The van der Waals surface area contributed by atoms with Crippen molar-refractivity contribution in [3.05, 3.63) is 138 Å². The van der Waals surface area contributed by atoms with E-state index >= 15 is 0 Å². The number of esters is 4. The van der Waals surface area contributed by atoms with Crippen LogP contribution < -0.4 is 33.2 Å². The van der Waals surface area contributed by atoms with Crippen molar-refractivity contribution < 1.29 is 61.8 Å². The number of aromatic nitrogens is 4. The minimum Gasteiger partial charge on any atom is -0.494 e. The molecule has 62 heavy (non-hydrogen) atoms. The van der Waals surface area contributed by atoms with Crippen LogP contribution >= 0.6 is 0 Å². The molecule has 0 radical (unpaired) electrons. The smallest absolute Gasteiger partial charge is 0.379 e. The van der Waals surface area contributed by atoms with Crippen molar-refractivity contribution in [2.45, 2.75) is 37.9 Å². The van der Waals surface area contributed by atoms with E-state index in [1.807, 2.05) is 12.1 Å². The molecule has 2 aliphatic rings. The predicted molar refractivity (Wildman–Crippen MR) is 216 cm³/mol. The molecular weight excluding hydrogens is 805 g/mol. The van der Waals surface area contributed by atoms with Gasteiger partial charge in [-0.25, -0.2) is 29.1 Å². The summed E-state index contributed by atoms with van der Waals surface area (Å²) in [6.45, 7) is 2.82. The van der Waals surface area contributed by atoms with Gasteiger partial charge in [0, 0.05) is 0 Å². The zero-order chi connectivity index (χ0) is 42.7. The number of carbonyl (C=O) groups excluding carboxylic acids is 4. The lowest BCUT2D eigenvalue weighted by Gasteiger charge is -2.09. The Morgan fingerprint density at radius 2 is 0.871 bits per heavy atom. The van der Waals surface area contributed by atoms with Gasteiger partial charge in [0.05, 0.1) is 44.9 Å². The maximum atomic E-state index is 12.7. The number of carbonyl (C=O) groups is 4. The molecule has 2 aromatic heterocycles. The van der Waals surface area contributed by atoms with Crippen molar-refractivity contribution in [2.24, 2.45) is 0 Å². The van der Waals surface area contributed by atoms with Crippen molar-refractivity contribution in [3.63, 3.8) is 0 Å². The second-order valence-corrected chi connectivity index (χ2v) is 14.1. The highest BCUT2D eigenvalue weighted by atomic mass is 16.6. The first kappa shape index (κ1) is 41.2. The number of aryl methyl sites for hydroxylation is 1. The van der Waals surface area contributed by atoms with Gasteiger partial charge in [-0.3, -0.25) is 0 Å². The minimum absolute atomic E-state index is 0.00718. The number of H-pyrrole nitrogens is 2. The molecule has 2 aliphatic heterocycles. The van der Waals surface area contributed by atoms with E-state index in [2.05, 4.69) is 19.9 Å². The summed E-state index contributed by atoms with van der Waals surface area (Å²) >= 11 is 0. The zero-order valence-corrected chi connectivity index (χ0v) is 33.1. The number of unbranched alkanes of at least 4 members (excludes halogenated alkanes) is 1. The van der Waals surface area contributed by atoms with E-state index in [1.165, 1.54) is 12.4 Å². The van der Waals surface area contributed by atoms with E-state index in [0.29, 0.717) is 68.4 Å². The topological polar surface area (TPSA) is 215 Å². The third kappa shape index (κ3) is 12.0. The van der Waals surface area contributed by atoms with E-state index < -0.39 is 23.9 Å². The Balaban J connectivity index is 0.690. The molecule has 0 saturated carbocycles. The van der Waals surface area contributed by atoms with Crippen molar-refractivity contribution >= 4 is 23.9 Å². The number of hydrogen-bond donors (Lipinski definition) is 2. The maximum Gasteiger partial charge on any atom is 0.379 e. The van der Waals surface area contributed by atoms with Crippen molar-refractivity contribution in [2.75, 3.05) is 33.0 Å². The van der Waals surface area contributed by atoms with Gasteiger partial charge in [-0.2, -0.15) is 0 Å². The first-order valence-electron chi connectivity index (χ1n) is 19.8. The van der Waals surface area contributed by atoms with Gasteiger partial charge in [0.15, 0.2) is 0 Å². The Bertz CT molecular complexity index is 2280. The number of aromatic amines is 2. The van der Waals surface area contributed by atoms with Gasteiger partial charge < -0.3 is 52.6 Å². The average molecular weight is 845 g/mol. The molecule has 17 heteroatoms. The van der Waals surface area contributed by atoms with E-state index in [9.17, 15) is 19.2 Å². The Labute approximate surface area is 354 Å². The lowest BCUT2D eigenvalue weighted by atomic mass is 10.1. The zero-order valence-electron chi connectivity index (χ0n) is 33.1. The SMILES string of the molecule is O=C(Oc1ccc(CCC2CO2)cc1)c1cnc(C(=O)Oc2ccc(OCCCCOc3ccc(OC(=O)c4cnc(C(=O)Oc5ccc(OCC6CO6)cc5)[nH]4)cc3)cc2)[nH]1. The van der Waals surface area contributed by atoms with Gasteiger partial charge in [-0.15, -0.1) is 0 Å². The average Bonchev–Trinajstić information content (AvgIpc) is 4.20. The summed E-state index contributed by atoms with van der Waals surface area (Å²) in [4.78, 5) is 63.7. The van der Waals surface area contributed by atoms with Gasteiger partial charge in [0.25, 0.3) is 0 Å².